The third kappa shape index (κ3) is 5.65. The number of carbonyl (C=O) groups is 1. The molecule has 3 aromatic rings. The minimum Gasteiger partial charge on any atom is -0.325 e. The normalized spacial score (nSPS) is 11.2. The highest BCUT2D eigenvalue weighted by Gasteiger charge is 2.15. The number of carbonyl (C=O) groups excluding carboxylic acids is 1. The van der Waals surface area contributed by atoms with E-state index in [4.69, 9.17) is 23.2 Å². The Hall–Kier alpha value is -1.71. The minimum atomic E-state index is -3.57. The van der Waals surface area contributed by atoms with Crippen LogP contribution in [-0.2, 0) is 14.8 Å². The van der Waals surface area contributed by atoms with Gasteiger partial charge in [-0.15, -0.1) is 23.1 Å². The Morgan fingerprint density at radius 1 is 1.00 bits per heavy atom. The molecule has 3 rings (SSSR count). The predicted octanol–water partition coefficient (Wildman–Crippen LogP) is 5.59. The first kappa shape index (κ1) is 21.0. The fourth-order valence-electron chi connectivity index (χ4n) is 2.16. The summed E-state index contributed by atoms with van der Waals surface area (Å²) in [4.78, 5) is 12.9. The van der Waals surface area contributed by atoms with Gasteiger partial charge in [0.25, 0.3) is 10.0 Å². The van der Waals surface area contributed by atoms with Gasteiger partial charge in [-0.3, -0.25) is 9.52 Å². The first-order chi connectivity index (χ1) is 13.3. The van der Waals surface area contributed by atoms with Crippen molar-refractivity contribution in [2.45, 2.75) is 9.10 Å². The van der Waals surface area contributed by atoms with Crippen LogP contribution in [0.1, 0.15) is 0 Å². The Bertz CT molecular complexity index is 1070. The van der Waals surface area contributed by atoms with Crippen molar-refractivity contribution in [1.29, 1.82) is 0 Å². The lowest BCUT2D eigenvalue weighted by atomic mass is 10.3. The fraction of sp³-hybridized carbons (Fsp3) is 0.0556. The molecule has 0 unspecified atom stereocenters. The largest absolute Gasteiger partial charge is 0.325 e. The third-order valence-corrected chi connectivity index (χ3v) is 7.97. The Kier molecular flexibility index (Phi) is 6.90. The zero-order valence-electron chi connectivity index (χ0n) is 14.2. The van der Waals surface area contributed by atoms with Gasteiger partial charge in [0, 0.05) is 16.3 Å². The van der Waals surface area contributed by atoms with Gasteiger partial charge < -0.3 is 5.32 Å². The number of halogens is 2. The molecule has 0 bridgehead atoms. The van der Waals surface area contributed by atoms with Crippen molar-refractivity contribution in [2.75, 3.05) is 15.8 Å². The number of hydrogen-bond acceptors (Lipinski definition) is 5. The molecule has 1 amide bonds. The summed E-state index contributed by atoms with van der Waals surface area (Å²) in [5.74, 6) is 0.00594. The second-order valence-electron chi connectivity index (χ2n) is 5.53. The lowest BCUT2D eigenvalue weighted by Crippen LogP contribution is -2.14. The van der Waals surface area contributed by atoms with Crippen molar-refractivity contribution in [3.63, 3.8) is 0 Å². The van der Waals surface area contributed by atoms with Crippen molar-refractivity contribution >= 4 is 73.6 Å². The van der Waals surface area contributed by atoms with Crippen LogP contribution in [0.4, 0.5) is 11.4 Å². The van der Waals surface area contributed by atoms with Gasteiger partial charge in [0.1, 0.15) is 4.21 Å². The van der Waals surface area contributed by atoms with E-state index in [-0.39, 0.29) is 15.9 Å². The molecule has 0 atom stereocenters. The second kappa shape index (κ2) is 9.19. The van der Waals surface area contributed by atoms with E-state index in [1.165, 1.54) is 11.8 Å². The van der Waals surface area contributed by atoms with Crippen LogP contribution in [-0.4, -0.2) is 20.1 Å². The van der Waals surface area contributed by atoms with Crippen molar-refractivity contribution in [3.05, 3.63) is 70.0 Å². The molecule has 0 aliphatic rings. The van der Waals surface area contributed by atoms with Crippen LogP contribution in [0.5, 0.6) is 0 Å². The van der Waals surface area contributed by atoms with Gasteiger partial charge in [-0.1, -0.05) is 29.3 Å². The summed E-state index contributed by atoms with van der Waals surface area (Å²) in [6.07, 6.45) is 0. The van der Waals surface area contributed by atoms with E-state index in [9.17, 15) is 13.2 Å². The van der Waals surface area contributed by atoms with Gasteiger partial charge in [0.2, 0.25) is 5.91 Å². The molecule has 0 radical (unpaired) electrons. The van der Waals surface area contributed by atoms with Crippen molar-refractivity contribution < 1.29 is 13.2 Å². The van der Waals surface area contributed by atoms with Crippen LogP contribution >= 0.6 is 46.3 Å². The molecule has 0 saturated carbocycles. The number of rotatable bonds is 7. The maximum atomic E-state index is 12.2. The second-order valence-corrected chi connectivity index (χ2v) is 10.2. The molecule has 2 aromatic carbocycles. The Morgan fingerprint density at radius 3 is 2.36 bits per heavy atom. The van der Waals surface area contributed by atoms with Crippen LogP contribution in [0, 0.1) is 0 Å². The number of thiophene rings is 1. The molecule has 10 heteroatoms. The van der Waals surface area contributed by atoms with Crippen LogP contribution in [0.2, 0.25) is 10.0 Å². The van der Waals surface area contributed by atoms with Crippen LogP contribution in [0.15, 0.2) is 69.1 Å². The molecule has 1 aromatic heterocycles. The Balaban J connectivity index is 1.54. The molecule has 146 valence electrons. The van der Waals surface area contributed by atoms with Crippen LogP contribution in [0.3, 0.4) is 0 Å². The molecule has 0 spiro atoms. The monoisotopic (exact) mass is 472 g/mol. The van der Waals surface area contributed by atoms with E-state index in [0.717, 1.165) is 16.2 Å². The van der Waals surface area contributed by atoms with E-state index in [2.05, 4.69) is 10.0 Å². The molecule has 0 aliphatic carbocycles. The summed E-state index contributed by atoms with van der Waals surface area (Å²) in [6, 6.07) is 14.9. The van der Waals surface area contributed by atoms with Crippen LogP contribution < -0.4 is 10.0 Å². The molecule has 1 heterocycles. The highest BCUT2D eigenvalue weighted by molar-refractivity contribution is 8.00. The average molecular weight is 473 g/mol. The summed E-state index contributed by atoms with van der Waals surface area (Å²) < 4.78 is 27.2. The minimum absolute atomic E-state index is 0.189. The number of hydrogen-bond donors (Lipinski definition) is 2. The maximum Gasteiger partial charge on any atom is 0.271 e. The van der Waals surface area contributed by atoms with Gasteiger partial charge >= 0.3 is 0 Å². The smallest absolute Gasteiger partial charge is 0.271 e. The van der Waals surface area contributed by atoms with E-state index < -0.39 is 10.0 Å². The number of thioether (sulfide) groups is 1. The molecule has 0 fully saturated rings. The zero-order chi connectivity index (χ0) is 20.1. The number of sulfonamides is 1. The molecule has 2 N–H and O–H groups in total. The Labute approximate surface area is 181 Å². The molecule has 0 saturated heterocycles. The first-order valence-corrected chi connectivity index (χ1v) is 12.0. The predicted molar refractivity (Wildman–Crippen MR) is 117 cm³/mol. The SMILES string of the molecule is O=C(CSc1ccc(NS(=O)(=O)c2cccs2)cc1)Nc1ccc(Cl)c(Cl)c1. The maximum absolute atomic E-state index is 12.2. The zero-order valence-corrected chi connectivity index (χ0v) is 18.1. The van der Waals surface area contributed by atoms with Gasteiger partial charge in [-0.05, 0) is 53.9 Å². The van der Waals surface area contributed by atoms with Crippen LogP contribution in [0.25, 0.3) is 0 Å². The highest BCUT2D eigenvalue weighted by atomic mass is 35.5. The molecular formula is C18H14Cl2N2O3S3. The van der Waals surface area contributed by atoms with Crippen molar-refractivity contribution in [1.82, 2.24) is 0 Å². The van der Waals surface area contributed by atoms with Gasteiger partial charge in [-0.25, -0.2) is 8.42 Å². The van der Waals surface area contributed by atoms with Gasteiger partial charge in [0.15, 0.2) is 0 Å². The third-order valence-electron chi connectivity index (χ3n) is 3.44. The Morgan fingerprint density at radius 2 is 1.71 bits per heavy atom. The summed E-state index contributed by atoms with van der Waals surface area (Å²) in [5, 5.41) is 5.24. The number of anilines is 2. The summed E-state index contributed by atoms with van der Waals surface area (Å²) in [6.45, 7) is 0. The number of nitrogens with one attached hydrogen (secondary N) is 2. The summed E-state index contributed by atoms with van der Waals surface area (Å²) >= 11 is 14.3. The standard InChI is InChI=1S/C18H14Cl2N2O3S3/c19-15-8-5-13(10-16(15)20)21-17(23)11-27-14-6-3-12(4-7-14)22-28(24,25)18-2-1-9-26-18/h1-10,22H,11H2,(H,21,23). The van der Waals surface area contributed by atoms with Gasteiger partial charge in [-0.2, -0.15) is 0 Å². The van der Waals surface area contributed by atoms with Crippen molar-refractivity contribution in [3.8, 4) is 0 Å². The topological polar surface area (TPSA) is 75.3 Å². The quantitative estimate of drug-likeness (QED) is 0.439. The summed E-state index contributed by atoms with van der Waals surface area (Å²) in [5.41, 5.74) is 1.02. The van der Waals surface area contributed by atoms with E-state index in [0.29, 0.717) is 21.4 Å². The van der Waals surface area contributed by atoms with Gasteiger partial charge in [0.05, 0.1) is 15.8 Å². The lowest BCUT2D eigenvalue weighted by molar-refractivity contribution is -0.113. The van der Waals surface area contributed by atoms with E-state index in [1.54, 1.807) is 60.0 Å². The molecule has 28 heavy (non-hydrogen) atoms. The average Bonchev–Trinajstić information content (AvgIpc) is 3.20. The van der Waals surface area contributed by atoms with Crippen molar-refractivity contribution in [2.24, 2.45) is 0 Å². The lowest BCUT2D eigenvalue weighted by Gasteiger charge is -2.08. The molecular weight excluding hydrogens is 459 g/mol. The fourth-order valence-corrected chi connectivity index (χ4v) is 5.21. The van der Waals surface area contributed by atoms with E-state index in [1.807, 2.05) is 0 Å². The molecule has 0 aliphatic heterocycles. The highest BCUT2D eigenvalue weighted by Crippen LogP contribution is 2.26. The number of benzene rings is 2. The summed E-state index contributed by atoms with van der Waals surface area (Å²) in [7, 11) is -3.57. The first-order valence-electron chi connectivity index (χ1n) is 7.87. The van der Waals surface area contributed by atoms with E-state index >= 15 is 0 Å². The number of amides is 1. The molecule has 5 nitrogen and oxygen atoms in total.